The summed E-state index contributed by atoms with van der Waals surface area (Å²) in [4.78, 5) is 38.9. The summed E-state index contributed by atoms with van der Waals surface area (Å²) in [5.41, 5.74) is 0.552. The third-order valence-corrected chi connectivity index (χ3v) is 10.5. The number of amides is 2. The van der Waals surface area contributed by atoms with Crippen molar-refractivity contribution in [3.63, 3.8) is 0 Å². The molecule has 37 heavy (non-hydrogen) atoms. The van der Waals surface area contributed by atoms with Crippen LogP contribution in [-0.2, 0) is 14.4 Å². The van der Waals surface area contributed by atoms with E-state index in [0.717, 1.165) is 38.5 Å². The summed E-state index contributed by atoms with van der Waals surface area (Å²) in [5, 5.41) is 17.4. The van der Waals surface area contributed by atoms with Crippen molar-refractivity contribution >= 4 is 17.6 Å². The van der Waals surface area contributed by atoms with Crippen LogP contribution in [0.3, 0.4) is 0 Å². The highest BCUT2D eigenvalue weighted by Gasteiger charge is 2.48. The molecule has 0 aromatic carbocycles. The first-order valence-corrected chi connectivity index (χ1v) is 14.7. The van der Waals surface area contributed by atoms with Gasteiger partial charge in [0.1, 0.15) is 5.76 Å². The Balaban J connectivity index is 1.12. The summed E-state index contributed by atoms with van der Waals surface area (Å²) in [6.07, 6.45) is 22.0. The average molecular weight is 505 g/mol. The van der Waals surface area contributed by atoms with Gasteiger partial charge in [0, 0.05) is 23.9 Å². The molecule has 8 unspecified atom stereocenters. The molecule has 0 aromatic heterocycles. The molecule has 0 spiro atoms. The molecule has 0 radical (unpaired) electrons. The lowest BCUT2D eigenvalue weighted by Crippen LogP contribution is -2.58. The number of aliphatic hydroxyl groups is 1. The van der Waals surface area contributed by atoms with E-state index in [1.807, 2.05) is 0 Å². The molecule has 6 nitrogen and oxygen atoms in total. The van der Waals surface area contributed by atoms with Crippen molar-refractivity contribution in [1.29, 1.82) is 0 Å². The van der Waals surface area contributed by atoms with E-state index in [9.17, 15) is 19.5 Å². The number of allylic oxidation sites excluding steroid dienone is 4. The Morgan fingerprint density at radius 1 is 0.649 bits per heavy atom. The Labute approximate surface area is 219 Å². The van der Waals surface area contributed by atoms with E-state index in [-0.39, 0.29) is 52.8 Å². The second kappa shape index (κ2) is 10.3. The van der Waals surface area contributed by atoms with Gasteiger partial charge < -0.3 is 15.7 Å². The lowest BCUT2D eigenvalue weighted by Gasteiger charge is -2.47. The number of carbonyl (C=O) groups is 3. The monoisotopic (exact) mass is 504 g/mol. The van der Waals surface area contributed by atoms with E-state index in [1.54, 1.807) is 30.4 Å². The van der Waals surface area contributed by atoms with Crippen LogP contribution in [0.4, 0.5) is 0 Å². The van der Waals surface area contributed by atoms with Gasteiger partial charge in [0.2, 0.25) is 0 Å². The van der Waals surface area contributed by atoms with E-state index in [4.69, 9.17) is 0 Å². The Hall–Kier alpha value is -2.63. The van der Waals surface area contributed by atoms with Gasteiger partial charge in [-0.2, -0.15) is 0 Å². The number of rotatable bonds is 3. The van der Waals surface area contributed by atoms with Crippen molar-refractivity contribution in [2.24, 2.45) is 35.5 Å². The lowest BCUT2D eigenvalue weighted by atomic mass is 9.62. The maximum Gasteiger partial charge on any atom is 0.255 e. The second-order valence-corrected chi connectivity index (χ2v) is 12.3. The molecule has 4 saturated carbocycles. The Kier molecular flexibility index (Phi) is 6.85. The molecule has 4 aliphatic carbocycles. The fourth-order valence-corrected chi connectivity index (χ4v) is 8.67. The smallest absolute Gasteiger partial charge is 0.255 e. The topological polar surface area (TPSA) is 95.5 Å². The molecule has 2 amide bonds. The van der Waals surface area contributed by atoms with Crippen LogP contribution >= 0.6 is 0 Å². The predicted molar refractivity (Wildman–Crippen MR) is 141 cm³/mol. The number of piperidine rings is 1. The minimum atomic E-state index is -0.262. The van der Waals surface area contributed by atoms with Crippen molar-refractivity contribution in [2.75, 3.05) is 0 Å². The number of aliphatic hydroxyl groups excluding tert-OH is 1. The highest BCUT2D eigenvalue weighted by molar-refractivity contribution is 6.22. The van der Waals surface area contributed by atoms with Crippen LogP contribution in [0.1, 0.15) is 77.0 Å². The summed E-state index contributed by atoms with van der Waals surface area (Å²) in [5.74, 6) is 1.85. The van der Waals surface area contributed by atoms with Crippen molar-refractivity contribution in [2.45, 2.75) is 89.1 Å². The average Bonchev–Trinajstić information content (AvgIpc) is 2.91. The Morgan fingerprint density at radius 3 is 1.95 bits per heavy atom. The molecule has 0 bridgehead atoms. The number of Topliss-reactive ketones (excluding diaryl/α,β-unsaturated/α-hetero) is 1. The van der Waals surface area contributed by atoms with Gasteiger partial charge in [-0.15, -0.1) is 0 Å². The van der Waals surface area contributed by atoms with Gasteiger partial charge in [-0.05, 0) is 74.3 Å². The quantitative estimate of drug-likeness (QED) is 0.291. The first-order chi connectivity index (χ1) is 18.0. The molecule has 6 heteroatoms. The summed E-state index contributed by atoms with van der Waals surface area (Å²) in [6.45, 7) is 0. The van der Waals surface area contributed by atoms with Crippen LogP contribution in [0.2, 0.25) is 0 Å². The molecule has 8 atom stereocenters. The van der Waals surface area contributed by atoms with Crippen molar-refractivity contribution in [3.05, 3.63) is 47.3 Å². The minimum absolute atomic E-state index is 0.00134. The van der Waals surface area contributed by atoms with Crippen LogP contribution in [0, 0.1) is 35.5 Å². The molecule has 2 aliphatic heterocycles. The Morgan fingerprint density at radius 2 is 1.24 bits per heavy atom. The maximum atomic E-state index is 13.2. The van der Waals surface area contributed by atoms with Crippen LogP contribution in [0.5, 0.6) is 0 Å². The van der Waals surface area contributed by atoms with Gasteiger partial charge in [0.25, 0.3) is 11.8 Å². The van der Waals surface area contributed by atoms with Crippen molar-refractivity contribution < 1.29 is 19.5 Å². The largest absolute Gasteiger partial charge is 0.511 e. The third-order valence-electron chi connectivity index (χ3n) is 10.5. The standard InChI is InChI=1S/C31H40N2O4/c34-28-22-16-14-18-8-4-6-10-20(18)26(22)32-30(36)24(28)12-2-1-3-13-25-29(35)23-17-15-19-9-5-7-11-21(19)27(23)33-31(25)37/h1-3,12-13,18-23,26-27,34H,4-11,14-17H2,(H,32,36)(H,33,37)/b3-1?,12-2?,25-13-. The number of hydrogen-bond donors (Lipinski definition) is 3. The number of ketones is 1. The zero-order chi connectivity index (χ0) is 25.5. The fraction of sp³-hybridized carbons (Fsp3) is 0.645. The highest BCUT2D eigenvalue weighted by atomic mass is 16.3. The molecule has 3 N–H and O–H groups in total. The summed E-state index contributed by atoms with van der Waals surface area (Å²) < 4.78 is 0. The van der Waals surface area contributed by atoms with Gasteiger partial charge in [0.05, 0.1) is 11.1 Å². The first kappa shape index (κ1) is 24.7. The number of carbonyl (C=O) groups excluding carboxylic acids is 3. The van der Waals surface area contributed by atoms with Gasteiger partial charge in [-0.25, -0.2) is 0 Å². The van der Waals surface area contributed by atoms with Gasteiger partial charge in [-0.3, -0.25) is 14.4 Å². The van der Waals surface area contributed by atoms with Crippen LogP contribution in [-0.4, -0.2) is 34.8 Å². The summed E-state index contributed by atoms with van der Waals surface area (Å²) in [6, 6.07) is 0.0413. The van der Waals surface area contributed by atoms with E-state index in [0.29, 0.717) is 29.2 Å². The molecule has 5 fully saturated rings. The van der Waals surface area contributed by atoms with Gasteiger partial charge in [0.15, 0.2) is 5.78 Å². The summed E-state index contributed by atoms with van der Waals surface area (Å²) >= 11 is 0. The number of nitrogens with one attached hydrogen (secondary N) is 2. The molecule has 6 aliphatic rings. The highest BCUT2D eigenvalue weighted by Crippen LogP contribution is 2.47. The molecular formula is C31H40N2O4. The van der Waals surface area contributed by atoms with Crippen LogP contribution in [0.15, 0.2) is 47.3 Å². The van der Waals surface area contributed by atoms with Crippen molar-refractivity contribution in [1.82, 2.24) is 10.6 Å². The third kappa shape index (κ3) is 4.51. The predicted octanol–water partition coefficient (Wildman–Crippen LogP) is 4.84. The molecule has 198 valence electrons. The zero-order valence-corrected chi connectivity index (χ0v) is 21.7. The molecule has 0 aromatic rings. The van der Waals surface area contributed by atoms with E-state index >= 15 is 0 Å². The number of hydrogen-bond acceptors (Lipinski definition) is 4. The SMILES string of the molecule is O=C1NC2C(CCC3CCCCC32)C(O)=C1C=CC=C/C=C1\C(=O)NC2C(CCC3CCCCC32)C1=O. The lowest BCUT2D eigenvalue weighted by molar-refractivity contribution is -0.133. The van der Waals surface area contributed by atoms with Gasteiger partial charge in [-0.1, -0.05) is 56.8 Å². The normalized spacial score (nSPS) is 41.2. The zero-order valence-electron chi connectivity index (χ0n) is 21.7. The summed E-state index contributed by atoms with van der Waals surface area (Å²) in [7, 11) is 0. The minimum Gasteiger partial charge on any atom is -0.511 e. The number of fused-ring (bicyclic) bond motifs is 6. The second-order valence-electron chi connectivity index (χ2n) is 12.3. The van der Waals surface area contributed by atoms with Crippen LogP contribution < -0.4 is 10.6 Å². The Bertz CT molecular complexity index is 1080. The maximum absolute atomic E-state index is 13.2. The van der Waals surface area contributed by atoms with Crippen molar-refractivity contribution in [3.8, 4) is 0 Å². The first-order valence-electron chi connectivity index (χ1n) is 14.7. The fourth-order valence-electron chi connectivity index (χ4n) is 8.67. The van der Waals surface area contributed by atoms with E-state index in [2.05, 4.69) is 10.6 Å². The molecule has 2 heterocycles. The van der Waals surface area contributed by atoms with E-state index < -0.39 is 0 Å². The van der Waals surface area contributed by atoms with Gasteiger partial charge >= 0.3 is 0 Å². The molecule has 1 saturated heterocycles. The molecule has 6 rings (SSSR count). The van der Waals surface area contributed by atoms with Crippen LogP contribution in [0.25, 0.3) is 0 Å². The molecular weight excluding hydrogens is 464 g/mol. The van der Waals surface area contributed by atoms with E-state index in [1.165, 1.54) is 38.5 Å².